The van der Waals surface area contributed by atoms with Crippen molar-refractivity contribution in [3.8, 4) is 0 Å². The van der Waals surface area contributed by atoms with Crippen molar-refractivity contribution in [2.45, 2.75) is 26.2 Å². The third-order valence-electron chi connectivity index (χ3n) is 5.26. The molecular weight excluding hydrogens is 296 g/mol. The molecule has 1 unspecified atom stereocenters. The topological polar surface area (TPSA) is 40.9 Å². The SMILES string of the molecule is Cc1c(C(=O)N2CCCC3(CCN(C)C3)C2)sc2nccn12. The number of aromatic nitrogens is 2. The zero-order chi connectivity index (χ0) is 15.3. The molecule has 0 aliphatic carbocycles. The minimum Gasteiger partial charge on any atom is -0.337 e. The summed E-state index contributed by atoms with van der Waals surface area (Å²) in [7, 11) is 2.19. The van der Waals surface area contributed by atoms with E-state index in [1.807, 2.05) is 17.5 Å². The molecule has 2 aliphatic rings. The molecule has 2 aromatic heterocycles. The lowest BCUT2D eigenvalue weighted by Crippen LogP contribution is -2.47. The van der Waals surface area contributed by atoms with Crippen molar-refractivity contribution >= 4 is 22.2 Å². The lowest BCUT2D eigenvalue weighted by Gasteiger charge is -2.40. The molecular formula is C16H22N4OS. The lowest BCUT2D eigenvalue weighted by molar-refractivity contribution is 0.0538. The van der Waals surface area contributed by atoms with Crippen LogP contribution in [0.3, 0.4) is 0 Å². The van der Waals surface area contributed by atoms with Gasteiger partial charge in [0.1, 0.15) is 4.88 Å². The normalized spacial score (nSPS) is 26.4. The number of piperidine rings is 1. The van der Waals surface area contributed by atoms with E-state index in [0.29, 0.717) is 5.41 Å². The number of amides is 1. The van der Waals surface area contributed by atoms with Crippen LogP contribution >= 0.6 is 11.3 Å². The molecule has 5 nitrogen and oxygen atoms in total. The molecule has 2 aliphatic heterocycles. The number of carbonyl (C=O) groups excluding carboxylic acids is 1. The maximum Gasteiger partial charge on any atom is 0.265 e. The van der Waals surface area contributed by atoms with Gasteiger partial charge in [0.15, 0.2) is 4.96 Å². The number of carbonyl (C=O) groups is 1. The molecule has 4 rings (SSSR count). The van der Waals surface area contributed by atoms with Gasteiger partial charge >= 0.3 is 0 Å². The van der Waals surface area contributed by atoms with Crippen LogP contribution in [-0.2, 0) is 0 Å². The number of fused-ring (bicyclic) bond motifs is 1. The van der Waals surface area contributed by atoms with Gasteiger partial charge in [0.05, 0.1) is 0 Å². The van der Waals surface area contributed by atoms with E-state index in [1.165, 1.54) is 24.2 Å². The highest BCUT2D eigenvalue weighted by atomic mass is 32.1. The predicted molar refractivity (Wildman–Crippen MR) is 87.5 cm³/mol. The molecule has 6 heteroatoms. The average Bonchev–Trinajstić information content (AvgIpc) is 3.17. The smallest absolute Gasteiger partial charge is 0.265 e. The average molecular weight is 318 g/mol. The fourth-order valence-electron chi connectivity index (χ4n) is 4.11. The van der Waals surface area contributed by atoms with Gasteiger partial charge in [0.25, 0.3) is 5.91 Å². The third kappa shape index (κ3) is 2.16. The Morgan fingerprint density at radius 3 is 2.91 bits per heavy atom. The number of imidazole rings is 1. The minimum atomic E-state index is 0.196. The molecule has 1 atom stereocenters. The van der Waals surface area contributed by atoms with E-state index in [0.717, 1.165) is 48.1 Å². The number of hydrogen-bond acceptors (Lipinski definition) is 4. The van der Waals surface area contributed by atoms with Crippen LogP contribution in [0.4, 0.5) is 0 Å². The fourth-order valence-corrected chi connectivity index (χ4v) is 5.16. The Balaban J connectivity index is 1.59. The largest absolute Gasteiger partial charge is 0.337 e. The zero-order valence-corrected chi connectivity index (χ0v) is 14.0. The van der Waals surface area contributed by atoms with E-state index in [2.05, 4.69) is 21.8 Å². The Hall–Kier alpha value is -1.40. The number of thiazole rings is 1. The van der Waals surface area contributed by atoms with Crippen LogP contribution in [-0.4, -0.2) is 58.3 Å². The molecule has 0 N–H and O–H groups in total. The van der Waals surface area contributed by atoms with Crippen LogP contribution in [0.25, 0.3) is 4.96 Å². The van der Waals surface area contributed by atoms with Gasteiger partial charge in [-0.15, -0.1) is 0 Å². The summed E-state index contributed by atoms with van der Waals surface area (Å²) >= 11 is 1.51. The van der Waals surface area contributed by atoms with Crippen LogP contribution in [0.2, 0.25) is 0 Å². The fraction of sp³-hybridized carbons (Fsp3) is 0.625. The van der Waals surface area contributed by atoms with Gasteiger partial charge in [-0.3, -0.25) is 9.20 Å². The number of hydrogen-bond donors (Lipinski definition) is 0. The summed E-state index contributed by atoms with van der Waals surface area (Å²) in [6.45, 7) is 6.11. The van der Waals surface area contributed by atoms with E-state index in [9.17, 15) is 4.79 Å². The molecule has 2 saturated heterocycles. The molecule has 1 amide bonds. The van der Waals surface area contributed by atoms with E-state index in [4.69, 9.17) is 0 Å². The second-order valence-electron chi connectivity index (χ2n) is 6.91. The molecule has 4 heterocycles. The lowest BCUT2D eigenvalue weighted by atomic mass is 9.79. The van der Waals surface area contributed by atoms with E-state index >= 15 is 0 Å². The van der Waals surface area contributed by atoms with Crippen LogP contribution < -0.4 is 0 Å². The van der Waals surface area contributed by atoms with Gasteiger partial charge in [0.2, 0.25) is 0 Å². The van der Waals surface area contributed by atoms with Gasteiger partial charge in [-0.1, -0.05) is 11.3 Å². The van der Waals surface area contributed by atoms with Gasteiger partial charge in [-0.2, -0.15) is 0 Å². The summed E-state index contributed by atoms with van der Waals surface area (Å²) < 4.78 is 2.01. The Bertz CT molecular complexity index is 717. The Morgan fingerprint density at radius 1 is 1.32 bits per heavy atom. The maximum absolute atomic E-state index is 13.0. The number of likely N-dealkylation sites (tertiary alicyclic amines) is 2. The molecule has 0 saturated carbocycles. The van der Waals surface area contributed by atoms with Crippen molar-refractivity contribution in [2.75, 3.05) is 33.2 Å². The second kappa shape index (κ2) is 5.06. The Kier molecular flexibility index (Phi) is 3.27. The van der Waals surface area contributed by atoms with Crippen LogP contribution in [0.1, 0.15) is 34.6 Å². The Morgan fingerprint density at radius 2 is 2.18 bits per heavy atom. The molecule has 0 radical (unpaired) electrons. The third-order valence-corrected chi connectivity index (χ3v) is 6.42. The van der Waals surface area contributed by atoms with Crippen molar-refractivity contribution in [3.63, 3.8) is 0 Å². The molecule has 1 spiro atoms. The molecule has 2 aromatic rings. The highest BCUT2D eigenvalue weighted by molar-refractivity contribution is 7.19. The van der Waals surface area contributed by atoms with E-state index in [1.54, 1.807) is 6.20 Å². The summed E-state index contributed by atoms with van der Waals surface area (Å²) in [5.41, 5.74) is 1.35. The standard InChI is InChI=1S/C16H22N4OS/c1-12-13(22-15-17-6-9-20(12)15)14(21)19-7-3-4-16(11-19)5-8-18(2)10-16/h6,9H,3-5,7-8,10-11H2,1-2H3. The monoisotopic (exact) mass is 318 g/mol. The highest BCUT2D eigenvalue weighted by Crippen LogP contribution is 2.39. The second-order valence-corrected chi connectivity index (χ2v) is 7.89. The van der Waals surface area contributed by atoms with Crippen molar-refractivity contribution in [1.29, 1.82) is 0 Å². The summed E-state index contributed by atoms with van der Waals surface area (Å²) in [6.07, 6.45) is 7.33. The number of aryl methyl sites for hydroxylation is 1. The van der Waals surface area contributed by atoms with Crippen molar-refractivity contribution < 1.29 is 4.79 Å². The van der Waals surface area contributed by atoms with E-state index < -0.39 is 0 Å². The summed E-state index contributed by atoms with van der Waals surface area (Å²) in [6, 6.07) is 0. The zero-order valence-electron chi connectivity index (χ0n) is 13.2. The van der Waals surface area contributed by atoms with Crippen LogP contribution in [0, 0.1) is 12.3 Å². The first-order valence-corrected chi connectivity index (χ1v) is 8.80. The first kappa shape index (κ1) is 14.2. The Labute approximate surface area is 134 Å². The number of nitrogens with zero attached hydrogens (tertiary/aromatic N) is 4. The van der Waals surface area contributed by atoms with Crippen LogP contribution in [0.5, 0.6) is 0 Å². The minimum absolute atomic E-state index is 0.196. The van der Waals surface area contributed by atoms with Gasteiger partial charge in [-0.05, 0) is 39.8 Å². The van der Waals surface area contributed by atoms with Crippen molar-refractivity contribution in [3.05, 3.63) is 23.0 Å². The van der Waals surface area contributed by atoms with Crippen molar-refractivity contribution in [1.82, 2.24) is 19.2 Å². The predicted octanol–water partition coefficient (Wildman–Crippen LogP) is 2.26. The van der Waals surface area contributed by atoms with Gasteiger partial charge in [0, 0.05) is 43.1 Å². The van der Waals surface area contributed by atoms with Gasteiger partial charge < -0.3 is 9.80 Å². The molecule has 118 valence electrons. The summed E-state index contributed by atoms with van der Waals surface area (Å²) in [5.74, 6) is 0.196. The first-order chi connectivity index (χ1) is 10.6. The van der Waals surface area contributed by atoms with Crippen molar-refractivity contribution in [2.24, 2.45) is 5.41 Å². The van der Waals surface area contributed by atoms with Gasteiger partial charge in [-0.25, -0.2) is 4.98 Å². The molecule has 2 fully saturated rings. The first-order valence-electron chi connectivity index (χ1n) is 7.98. The molecule has 22 heavy (non-hydrogen) atoms. The van der Waals surface area contributed by atoms with Crippen LogP contribution in [0.15, 0.2) is 12.4 Å². The summed E-state index contributed by atoms with van der Waals surface area (Å²) in [4.78, 5) is 23.6. The summed E-state index contributed by atoms with van der Waals surface area (Å²) in [5, 5.41) is 0. The number of rotatable bonds is 1. The maximum atomic E-state index is 13.0. The molecule has 0 bridgehead atoms. The molecule has 0 aromatic carbocycles. The highest BCUT2D eigenvalue weighted by Gasteiger charge is 2.41. The van der Waals surface area contributed by atoms with E-state index in [-0.39, 0.29) is 5.91 Å². The quantitative estimate of drug-likeness (QED) is 0.810.